The molecule has 0 aromatic heterocycles. The van der Waals surface area contributed by atoms with Gasteiger partial charge in [0.25, 0.3) is 0 Å². The molecular weight excluding hydrogens is 371 g/mol. The van der Waals surface area contributed by atoms with Crippen molar-refractivity contribution >= 4 is 11.8 Å². The summed E-state index contributed by atoms with van der Waals surface area (Å²) in [7, 11) is 0. The maximum atomic E-state index is 14.1. The van der Waals surface area contributed by atoms with Crippen LogP contribution < -0.4 is 10.1 Å². The Morgan fingerprint density at radius 2 is 1.83 bits per heavy atom. The van der Waals surface area contributed by atoms with Gasteiger partial charge in [-0.25, -0.2) is 4.39 Å². The van der Waals surface area contributed by atoms with Crippen LogP contribution in [-0.2, 0) is 16.1 Å². The number of nitrogens with zero attached hydrogens (tertiary/aromatic N) is 1. The first-order valence-corrected chi connectivity index (χ1v) is 9.92. The maximum absolute atomic E-state index is 14.1. The van der Waals surface area contributed by atoms with E-state index in [1.54, 1.807) is 25.1 Å². The van der Waals surface area contributed by atoms with Gasteiger partial charge in [0.15, 0.2) is 0 Å². The van der Waals surface area contributed by atoms with Crippen molar-refractivity contribution in [1.29, 1.82) is 0 Å². The SMILES string of the molecule is CCNC(=O)C(C)N(Cc1ccccc1F)C(=O)CCCOc1ccc(C)cc1. The molecule has 5 nitrogen and oxygen atoms in total. The normalized spacial score (nSPS) is 11.6. The van der Waals surface area contributed by atoms with Gasteiger partial charge >= 0.3 is 0 Å². The summed E-state index contributed by atoms with van der Waals surface area (Å²) in [6, 6.07) is 13.3. The molecule has 2 aromatic carbocycles. The molecule has 0 spiro atoms. The molecule has 2 amide bonds. The quantitative estimate of drug-likeness (QED) is 0.617. The lowest BCUT2D eigenvalue weighted by Crippen LogP contribution is -2.47. The minimum atomic E-state index is -0.694. The van der Waals surface area contributed by atoms with Crippen molar-refractivity contribution in [3.8, 4) is 5.75 Å². The molecule has 0 aliphatic heterocycles. The van der Waals surface area contributed by atoms with Crippen molar-refractivity contribution < 1.29 is 18.7 Å². The molecule has 0 saturated heterocycles. The molecule has 1 unspecified atom stereocenters. The third-order valence-electron chi connectivity index (χ3n) is 4.64. The molecule has 2 rings (SSSR count). The predicted molar refractivity (Wildman–Crippen MR) is 111 cm³/mol. The number of ether oxygens (including phenoxy) is 1. The lowest BCUT2D eigenvalue weighted by Gasteiger charge is -2.29. The second-order valence-electron chi connectivity index (χ2n) is 6.95. The molecule has 0 saturated carbocycles. The zero-order chi connectivity index (χ0) is 21.2. The van der Waals surface area contributed by atoms with Crippen LogP contribution in [0.25, 0.3) is 0 Å². The molecule has 0 heterocycles. The maximum Gasteiger partial charge on any atom is 0.242 e. The smallest absolute Gasteiger partial charge is 0.242 e. The molecule has 0 radical (unpaired) electrons. The summed E-state index contributed by atoms with van der Waals surface area (Å²) >= 11 is 0. The van der Waals surface area contributed by atoms with E-state index in [4.69, 9.17) is 4.74 Å². The fourth-order valence-corrected chi connectivity index (χ4v) is 2.91. The number of hydrogen-bond donors (Lipinski definition) is 1. The minimum Gasteiger partial charge on any atom is -0.494 e. The van der Waals surface area contributed by atoms with Crippen LogP contribution >= 0.6 is 0 Å². The first-order valence-electron chi connectivity index (χ1n) is 9.92. The monoisotopic (exact) mass is 400 g/mol. The summed E-state index contributed by atoms with van der Waals surface area (Å²) in [5, 5.41) is 2.72. The highest BCUT2D eigenvalue weighted by Crippen LogP contribution is 2.16. The third kappa shape index (κ3) is 6.89. The van der Waals surface area contributed by atoms with Crippen molar-refractivity contribution in [1.82, 2.24) is 10.2 Å². The fourth-order valence-electron chi connectivity index (χ4n) is 2.91. The van der Waals surface area contributed by atoms with Gasteiger partial charge in [-0.1, -0.05) is 35.9 Å². The topological polar surface area (TPSA) is 58.6 Å². The second-order valence-corrected chi connectivity index (χ2v) is 6.95. The molecule has 1 N–H and O–H groups in total. The van der Waals surface area contributed by atoms with E-state index >= 15 is 0 Å². The highest BCUT2D eigenvalue weighted by Gasteiger charge is 2.26. The van der Waals surface area contributed by atoms with E-state index in [1.807, 2.05) is 38.1 Å². The van der Waals surface area contributed by atoms with E-state index in [1.165, 1.54) is 11.0 Å². The van der Waals surface area contributed by atoms with Gasteiger partial charge in [-0.05, 0) is 45.4 Å². The number of likely N-dealkylation sites (N-methyl/N-ethyl adjacent to an activating group) is 1. The van der Waals surface area contributed by atoms with Crippen LogP contribution in [0.4, 0.5) is 4.39 Å². The number of halogens is 1. The molecule has 156 valence electrons. The molecular formula is C23H29FN2O3. The third-order valence-corrected chi connectivity index (χ3v) is 4.64. The van der Waals surface area contributed by atoms with Gasteiger partial charge < -0.3 is 15.0 Å². The number of nitrogens with one attached hydrogen (secondary N) is 1. The first kappa shape index (κ1) is 22.4. The fraction of sp³-hybridized carbons (Fsp3) is 0.391. The summed E-state index contributed by atoms with van der Waals surface area (Å²) in [5.41, 5.74) is 1.53. The summed E-state index contributed by atoms with van der Waals surface area (Å²) in [5.74, 6) is -0.106. The van der Waals surface area contributed by atoms with Crippen LogP contribution in [0.2, 0.25) is 0 Å². The highest BCUT2D eigenvalue weighted by molar-refractivity contribution is 5.87. The molecule has 1 atom stereocenters. The Hall–Kier alpha value is -2.89. The van der Waals surface area contributed by atoms with Gasteiger partial charge in [0.1, 0.15) is 17.6 Å². The van der Waals surface area contributed by atoms with Gasteiger partial charge in [0, 0.05) is 25.1 Å². The van der Waals surface area contributed by atoms with Crippen molar-refractivity contribution in [2.45, 2.75) is 46.2 Å². The molecule has 29 heavy (non-hydrogen) atoms. The highest BCUT2D eigenvalue weighted by atomic mass is 19.1. The summed E-state index contributed by atoms with van der Waals surface area (Å²) < 4.78 is 19.8. The lowest BCUT2D eigenvalue weighted by atomic mass is 10.1. The van der Waals surface area contributed by atoms with Crippen LogP contribution in [0, 0.1) is 12.7 Å². The van der Waals surface area contributed by atoms with Crippen molar-refractivity contribution in [3.05, 3.63) is 65.5 Å². The summed E-state index contributed by atoms with van der Waals surface area (Å²) in [6.07, 6.45) is 0.715. The van der Waals surface area contributed by atoms with E-state index in [2.05, 4.69) is 5.32 Å². The summed E-state index contributed by atoms with van der Waals surface area (Å²) in [6.45, 7) is 6.38. The summed E-state index contributed by atoms with van der Waals surface area (Å²) in [4.78, 5) is 26.5. The van der Waals surface area contributed by atoms with Gasteiger partial charge in [-0.2, -0.15) is 0 Å². The van der Waals surface area contributed by atoms with Gasteiger partial charge in [-0.3, -0.25) is 9.59 Å². The van der Waals surface area contributed by atoms with E-state index in [0.717, 1.165) is 11.3 Å². The number of carbonyl (C=O) groups excluding carboxylic acids is 2. The first-order chi connectivity index (χ1) is 13.9. The number of hydrogen-bond acceptors (Lipinski definition) is 3. The van der Waals surface area contributed by atoms with Gasteiger partial charge in [-0.15, -0.1) is 0 Å². The Morgan fingerprint density at radius 1 is 1.14 bits per heavy atom. The lowest BCUT2D eigenvalue weighted by molar-refractivity contribution is -0.140. The van der Waals surface area contributed by atoms with Crippen molar-refractivity contribution in [2.75, 3.05) is 13.2 Å². The number of benzene rings is 2. The van der Waals surface area contributed by atoms with E-state index in [9.17, 15) is 14.0 Å². The Bertz CT molecular complexity index is 808. The van der Waals surface area contributed by atoms with Gasteiger partial charge in [0.2, 0.25) is 11.8 Å². The molecule has 0 fully saturated rings. The van der Waals surface area contributed by atoms with Crippen LogP contribution in [0.1, 0.15) is 37.8 Å². The van der Waals surface area contributed by atoms with E-state index in [-0.39, 0.29) is 24.8 Å². The Morgan fingerprint density at radius 3 is 2.48 bits per heavy atom. The second kappa shape index (κ2) is 11.2. The number of rotatable bonds is 10. The van der Waals surface area contributed by atoms with Crippen LogP contribution in [0.3, 0.4) is 0 Å². The Labute approximate surface area is 171 Å². The molecule has 0 aliphatic rings. The zero-order valence-corrected chi connectivity index (χ0v) is 17.3. The average molecular weight is 400 g/mol. The van der Waals surface area contributed by atoms with Crippen molar-refractivity contribution in [2.24, 2.45) is 0 Å². The standard InChI is InChI=1S/C23H29FN2O3/c1-4-25-23(28)18(3)26(16-19-8-5-6-9-21(19)24)22(27)10-7-15-29-20-13-11-17(2)12-14-20/h5-6,8-9,11-14,18H,4,7,10,15-16H2,1-3H3,(H,25,28). The molecule has 2 aromatic rings. The molecule has 6 heteroatoms. The Kier molecular flexibility index (Phi) is 8.65. The Balaban J connectivity index is 1.98. The van der Waals surface area contributed by atoms with E-state index < -0.39 is 11.9 Å². The number of amides is 2. The zero-order valence-electron chi connectivity index (χ0n) is 17.3. The van der Waals surface area contributed by atoms with Crippen LogP contribution in [0.15, 0.2) is 48.5 Å². The van der Waals surface area contributed by atoms with E-state index in [0.29, 0.717) is 25.1 Å². The van der Waals surface area contributed by atoms with Gasteiger partial charge in [0.05, 0.1) is 6.61 Å². The van der Waals surface area contributed by atoms with Crippen LogP contribution in [-0.4, -0.2) is 35.9 Å². The minimum absolute atomic E-state index is 0.0443. The average Bonchev–Trinajstić information content (AvgIpc) is 2.71. The predicted octanol–water partition coefficient (Wildman–Crippen LogP) is 3.85. The largest absolute Gasteiger partial charge is 0.494 e. The number of aryl methyl sites for hydroxylation is 1. The van der Waals surface area contributed by atoms with Crippen molar-refractivity contribution in [3.63, 3.8) is 0 Å². The van der Waals surface area contributed by atoms with Crippen LogP contribution in [0.5, 0.6) is 5.75 Å². The molecule has 0 aliphatic carbocycles. The molecule has 0 bridgehead atoms. The number of carbonyl (C=O) groups is 2.